The largest absolute Gasteiger partial charge is 0.504 e. The number of benzene rings is 2. The average Bonchev–Trinajstić information content (AvgIpc) is 2.59. The molecule has 5 nitrogen and oxygen atoms in total. The van der Waals surface area contributed by atoms with Crippen LogP contribution in [0.25, 0.3) is 0 Å². The first-order valence-electron chi connectivity index (χ1n) is 7.60. The lowest BCUT2D eigenvalue weighted by molar-refractivity contribution is 0.140. The summed E-state index contributed by atoms with van der Waals surface area (Å²) in [7, 11) is 0. The number of nitrogens with one attached hydrogen (secondary N) is 1. The molecule has 1 amide bonds. The van der Waals surface area contributed by atoms with E-state index in [2.05, 4.69) is 5.32 Å². The lowest BCUT2D eigenvalue weighted by Crippen LogP contribution is -2.26. The Bertz CT molecular complexity index is 599. The summed E-state index contributed by atoms with van der Waals surface area (Å²) in [4.78, 5) is 11.5. The molecule has 0 spiro atoms. The van der Waals surface area contributed by atoms with Gasteiger partial charge in [-0.15, -0.1) is 0 Å². The summed E-state index contributed by atoms with van der Waals surface area (Å²) in [5, 5.41) is 21.2. The summed E-state index contributed by atoms with van der Waals surface area (Å²) in [5.41, 5.74) is 1.74. The molecule has 0 saturated carbocycles. The molecule has 0 unspecified atom stereocenters. The fraction of sp³-hybridized carbons (Fsp3) is 0.278. The van der Waals surface area contributed by atoms with Crippen LogP contribution in [0.1, 0.15) is 25.0 Å². The van der Waals surface area contributed by atoms with Crippen molar-refractivity contribution in [3.05, 3.63) is 59.7 Å². The average molecular weight is 317 g/mol. The standard InChI is InChI=1S/C16H17NO4.C2H6/c18-14-7-6-12(10-15(14)19)8-9-17-16(20)21-11-13-4-2-1-3-5-13;1-2/h1-7,10,18-19H,8-9,11H2,(H,17,20);1-2H3. The maximum atomic E-state index is 11.5. The molecule has 0 radical (unpaired) electrons. The molecule has 0 aromatic heterocycles. The van der Waals surface area contributed by atoms with Crippen LogP contribution in [-0.2, 0) is 17.8 Å². The highest BCUT2D eigenvalue weighted by molar-refractivity contribution is 5.67. The number of phenols is 2. The van der Waals surface area contributed by atoms with Gasteiger partial charge < -0.3 is 20.3 Å². The van der Waals surface area contributed by atoms with E-state index in [0.29, 0.717) is 13.0 Å². The predicted octanol–water partition coefficient (Wildman–Crippen LogP) is 3.59. The van der Waals surface area contributed by atoms with Gasteiger partial charge in [-0.05, 0) is 29.7 Å². The molecule has 3 N–H and O–H groups in total. The van der Waals surface area contributed by atoms with Crippen molar-refractivity contribution in [3.63, 3.8) is 0 Å². The first kappa shape index (κ1) is 18.4. The highest BCUT2D eigenvalue weighted by Crippen LogP contribution is 2.24. The first-order chi connectivity index (χ1) is 11.1. The maximum Gasteiger partial charge on any atom is 0.407 e. The van der Waals surface area contributed by atoms with Crippen LogP contribution >= 0.6 is 0 Å². The van der Waals surface area contributed by atoms with Crippen LogP contribution in [-0.4, -0.2) is 22.9 Å². The van der Waals surface area contributed by atoms with E-state index in [1.54, 1.807) is 6.07 Å². The second-order valence-electron chi connectivity index (χ2n) is 4.56. The number of carbonyl (C=O) groups is 1. The molecule has 5 heteroatoms. The second-order valence-corrected chi connectivity index (χ2v) is 4.56. The van der Waals surface area contributed by atoms with Crippen molar-refractivity contribution in [1.82, 2.24) is 5.32 Å². The Morgan fingerprint density at radius 1 is 1.00 bits per heavy atom. The number of rotatable bonds is 5. The molecule has 0 aliphatic heterocycles. The number of hydrogen-bond donors (Lipinski definition) is 3. The molecule has 23 heavy (non-hydrogen) atoms. The number of hydrogen-bond acceptors (Lipinski definition) is 4. The van der Waals surface area contributed by atoms with E-state index in [0.717, 1.165) is 11.1 Å². The molecule has 0 heterocycles. The zero-order valence-electron chi connectivity index (χ0n) is 13.5. The predicted molar refractivity (Wildman–Crippen MR) is 89.5 cm³/mol. The molecule has 0 aliphatic rings. The van der Waals surface area contributed by atoms with E-state index in [4.69, 9.17) is 4.74 Å². The van der Waals surface area contributed by atoms with Crippen molar-refractivity contribution in [2.24, 2.45) is 0 Å². The van der Waals surface area contributed by atoms with Crippen molar-refractivity contribution in [2.75, 3.05) is 6.54 Å². The van der Waals surface area contributed by atoms with Crippen molar-refractivity contribution in [3.8, 4) is 11.5 Å². The Kier molecular flexibility index (Phi) is 8.07. The lowest BCUT2D eigenvalue weighted by Gasteiger charge is -2.07. The van der Waals surface area contributed by atoms with E-state index >= 15 is 0 Å². The topological polar surface area (TPSA) is 78.8 Å². The van der Waals surface area contributed by atoms with Crippen LogP contribution in [0.15, 0.2) is 48.5 Å². The minimum Gasteiger partial charge on any atom is -0.504 e. The fourth-order valence-corrected chi connectivity index (χ4v) is 1.81. The molecule has 0 bridgehead atoms. The van der Waals surface area contributed by atoms with Gasteiger partial charge in [-0.2, -0.15) is 0 Å². The van der Waals surface area contributed by atoms with Gasteiger partial charge in [-0.25, -0.2) is 4.79 Å². The van der Waals surface area contributed by atoms with E-state index in [9.17, 15) is 15.0 Å². The number of carbonyl (C=O) groups excluding carboxylic acids is 1. The zero-order valence-corrected chi connectivity index (χ0v) is 13.5. The highest BCUT2D eigenvalue weighted by atomic mass is 16.5. The van der Waals surface area contributed by atoms with Gasteiger partial charge >= 0.3 is 6.09 Å². The zero-order chi connectivity index (χ0) is 17.1. The third-order valence-corrected chi connectivity index (χ3v) is 2.94. The summed E-state index contributed by atoms with van der Waals surface area (Å²) in [5.74, 6) is -0.326. The summed E-state index contributed by atoms with van der Waals surface area (Å²) in [6.07, 6.45) is 0.0516. The quantitative estimate of drug-likeness (QED) is 0.736. The molecular formula is C18H23NO4. The van der Waals surface area contributed by atoms with Crippen molar-refractivity contribution in [2.45, 2.75) is 26.9 Å². The van der Waals surface area contributed by atoms with Crippen LogP contribution in [0, 0.1) is 0 Å². The Hall–Kier alpha value is -2.69. The molecule has 2 rings (SSSR count). The van der Waals surface area contributed by atoms with Crippen LogP contribution in [0.2, 0.25) is 0 Å². The van der Waals surface area contributed by atoms with Crippen LogP contribution in [0.4, 0.5) is 4.79 Å². The van der Waals surface area contributed by atoms with E-state index in [-0.39, 0.29) is 18.1 Å². The smallest absolute Gasteiger partial charge is 0.407 e. The van der Waals surface area contributed by atoms with Crippen molar-refractivity contribution >= 4 is 6.09 Å². The van der Waals surface area contributed by atoms with Gasteiger partial charge in [0.05, 0.1) is 0 Å². The minimum atomic E-state index is -0.484. The molecular weight excluding hydrogens is 294 g/mol. The van der Waals surface area contributed by atoms with Gasteiger partial charge in [0.15, 0.2) is 11.5 Å². The normalized spacial score (nSPS) is 9.48. The Balaban J connectivity index is 0.00000127. The Morgan fingerprint density at radius 2 is 1.70 bits per heavy atom. The molecule has 124 valence electrons. The van der Waals surface area contributed by atoms with Gasteiger partial charge in [0.25, 0.3) is 0 Å². The third kappa shape index (κ3) is 6.74. The van der Waals surface area contributed by atoms with Crippen molar-refractivity contribution < 1.29 is 19.7 Å². The Labute approximate surface area is 136 Å². The molecule has 2 aromatic rings. The van der Waals surface area contributed by atoms with Crippen LogP contribution < -0.4 is 5.32 Å². The summed E-state index contributed by atoms with van der Waals surface area (Å²) in [6, 6.07) is 14.0. The lowest BCUT2D eigenvalue weighted by atomic mass is 10.1. The van der Waals surface area contributed by atoms with Gasteiger partial charge in [-0.1, -0.05) is 50.2 Å². The third-order valence-electron chi connectivity index (χ3n) is 2.94. The van der Waals surface area contributed by atoms with Gasteiger partial charge in [0.1, 0.15) is 6.61 Å². The van der Waals surface area contributed by atoms with E-state index in [1.807, 2.05) is 44.2 Å². The number of amides is 1. The first-order valence-corrected chi connectivity index (χ1v) is 7.60. The molecule has 0 saturated heterocycles. The van der Waals surface area contributed by atoms with Crippen LogP contribution in [0.3, 0.4) is 0 Å². The molecule has 0 atom stereocenters. The number of alkyl carbamates (subject to hydrolysis) is 1. The SMILES string of the molecule is CC.O=C(NCCc1ccc(O)c(O)c1)OCc1ccccc1. The minimum absolute atomic E-state index is 0.158. The number of phenolic OH excluding ortho intramolecular Hbond substituents is 2. The summed E-state index contributed by atoms with van der Waals surface area (Å²) >= 11 is 0. The Morgan fingerprint density at radius 3 is 2.35 bits per heavy atom. The molecule has 0 fully saturated rings. The van der Waals surface area contributed by atoms with E-state index < -0.39 is 6.09 Å². The number of aromatic hydroxyl groups is 2. The highest BCUT2D eigenvalue weighted by Gasteiger charge is 2.04. The van der Waals surface area contributed by atoms with Crippen LogP contribution in [0.5, 0.6) is 11.5 Å². The fourth-order valence-electron chi connectivity index (χ4n) is 1.81. The maximum absolute atomic E-state index is 11.5. The van der Waals surface area contributed by atoms with Crippen molar-refractivity contribution in [1.29, 1.82) is 0 Å². The van der Waals surface area contributed by atoms with Gasteiger partial charge in [-0.3, -0.25) is 0 Å². The summed E-state index contributed by atoms with van der Waals surface area (Å²) < 4.78 is 5.07. The second kappa shape index (κ2) is 10.1. The molecule has 2 aromatic carbocycles. The van der Waals surface area contributed by atoms with E-state index in [1.165, 1.54) is 12.1 Å². The van der Waals surface area contributed by atoms with Gasteiger partial charge in [0.2, 0.25) is 0 Å². The summed E-state index contributed by atoms with van der Waals surface area (Å²) in [6.45, 7) is 4.62. The monoisotopic (exact) mass is 317 g/mol. The van der Waals surface area contributed by atoms with Gasteiger partial charge in [0, 0.05) is 6.54 Å². The molecule has 0 aliphatic carbocycles. The number of ether oxygens (including phenoxy) is 1.